The summed E-state index contributed by atoms with van der Waals surface area (Å²) < 4.78 is 0. The Hall–Kier alpha value is -3.12. The molecule has 0 unspecified atom stereocenters. The molecular weight excluding hydrogens is 396 g/mol. The van der Waals surface area contributed by atoms with Gasteiger partial charge in [-0.1, -0.05) is 30.3 Å². The standard InChI is InChI=1S/C26H32N6/c1-32(2)25-22-8-3-4-9-23(22)30-26(31-25)29-21-12-10-18(11-13-21)16-27-17-20-7-5-6-19-14-15-28-24(19)20/h3-9,14-15,18,21,27-28H,10-13,16-17H2,1-2H3,(H,29,30,31). The number of para-hydroxylation sites is 2. The van der Waals surface area contributed by atoms with Crippen LogP contribution in [-0.4, -0.2) is 41.6 Å². The van der Waals surface area contributed by atoms with E-state index in [1.54, 1.807) is 0 Å². The Morgan fingerprint density at radius 3 is 2.66 bits per heavy atom. The van der Waals surface area contributed by atoms with E-state index >= 15 is 0 Å². The highest BCUT2D eigenvalue weighted by atomic mass is 15.2. The molecule has 4 aromatic rings. The first-order chi connectivity index (χ1) is 15.7. The number of fused-ring (bicyclic) bond motifs is 2. The molecule has 0 aliphatic heterocycles. The fourth-order valence-corrected chi connectivity index (χ4v) is 4.87. The molecule has 5 rings (SSSR count). The third-order valence-electron chi connectivity index (χ3n) is 6.61. The zero-order chi connectivity index (χ0) is 21.9. The highest BCUT2D eigenvalue weighted by molar-refractivity contribution is 5.90. The largest absolute Gasteiger partial charge is 0.362 e. The van der Waals surface area contributed by atoms with Gasteiger partial charge in [0.2, 0.25) is 5.95 Å². The predicted molar refractivity (Wildman–Crippen MR) is 133 cm³/mol. The molecule has 32 heavy (non-hydrogen) atoms. The van der Waals surface area contributed by atoms with E-state index in [0.717, 1.165) is 54.5 Å². The molecule has 1 fully saturated rings. The molecule has 2 heterocycles. The van der Waals surface area contributed by atoms with Crippen LogP contribution in [0.5, 0.6) is 0 Å². The van der Waals surface area contributed by atoms with Crippen LogP contribution in [0.3, 0.4) is 0 Å². The van der Waals surface area contributed by atoms with Gasteiger partial charge in [-0.2, -0.15) is 4.98 Å². The topological polar surface area (TPSA) is 68.9 Å². The Morgan fingerprint density at radius 1 is 0.969 bits per heavy atom. The molecule has 2 aromatic carbocycles. The summed E-state index contributed by atoms with van der Waals surface area (Å²) in [5.74, 6) is 2.44. The van der Waals surface area contributed by atoms with E-state index < -0.39 is 0 Å². The van der Waals surface area contributed by atoms with Crippen LogP contribution < -0.4 is 15.5 Å². The Kier molecular flexibility index (Phi) is 5.95. The summed E-state index contributed by atoms with van der Waals surface area (Å²) in [5.41, 5.74) is 3.58. The van der Waals surface area contributed by atoms with E-state index in [2.05, 4.69) is 56.9 Å². The molecule has 6 heteroatoms. The number of aromatic nitrogens is 3. The fourth-order valence-electron chi connectivity index (χ4n) is 4.87. The molecule has 3 N–H and O–H groups in total. The molecule has 6 nitrogen and oxygen atoms in total. The molecule has 166 valence electrons. The number of hydrogen-bond acceptors (Lipinski definition) is 5. The quantitative estimate of drug-likeness (QED) is 0.389. The van der Waals surface area contributed by atoms with E-state index in [0.29, 0.717) is 6.04 Å². The summed E-state index contributed by atoms with van der Waals surface area (Å²) in [4.78, 5) is 15.0. The average Bonchev–Trinajstić information content (AvgIpc) is 3.29. The van der Waals surface area contributed by atoms with Gasteiger partial charge >= 0.3 is 0 Å². The summed E-state index contributed by atoms with van der Waals surface area (Å²) in [5, 5.41) is 9.67. The second kappa shape index (κ2) is 9.17. The van der Waals surface area contributed by atoms with Gasteiger partial charge in [-0.15, -0.1) is 0 Å². The Morgan fingerprint density at radius 2 is 1.81 bits per heavy atom. The van der Waals surface area contributed by atoms with Crippen LogP contribution in [0, 0.1) is 5.92 Å². The third-order valence-corrected chi connectivity index (χ3v) is 6.61. The molecule has 0 bridgehead atoms. The van der Waals surface area contributed by atoms with Gasteiger partial charge < -0.3 is 20.5 Å². The van der Waals surface area contributed by atoms with Crippen LogP contribution in [0.1, 0.15) is 31.2 Å². The number of hydrogen-bond donors (Lipinski definition) is 3. The summed E-state index contributed by atoms with van der Waals surface area (Å²) in [6.45, 7) is 1.98. The SMILES string of the molecule is CN(C)c1nc(NC2CCC(CNCc3cccc4cc[nH]c34)CC2)nc2ccccc12. The predicted octanol–water partition coefficient (Wildman–Crippen LogP) is 4.94. The minimum atomic E-state index is 0.440. The maximum atomic E-state index is 4.81. The number of rotatable bonds is 7. The Labute approximate surface area is 189 Å². The lowest BCUT2D eigenvalue weighted by molar-refractivity contribution is 0.324. The van der Waals surface area contributed by atoms with Crippen LogP contribution in [0.25, 0.3) is 21.8 Å². The van der Waals surface area contributed by atoms with Gasteiger partial charge in [0, 0.05) is 43.8 Å². The second-order valence-electron chi connectivity index (χ2n) is 9.13. The summed E-state index contributed by atoms with van der Waals surface area (Å²) in [6, 6.07) is 17.3. The van der Waals surface area contributed by atoms with Crippen LogP contribution >= 0.6 is 0 Å². The van der Waals surface area contributed by atoms with Gasteiger partial charge in [0.1, 0.15) is 5.82 Å². The number of nitrogens with one attached hydrogen (secondary N) is 3. The second-order valence-corrected chi connectivity index (χ2v) is 9.13. The van der Waals surface area contributed by atoms with Crippen molar-refractivity contribution in [2.75, 3.05) is 30.9 Å². The molecule has 0 spiro atoms. The first-order valence-corrected chi connectivity index (χ1v) is 11.6. The van der Waals surface area contributed by atoms with Crippen molar-refractivity contribution in [3.63, 3.8) is 0 Å². The van der Waals surface area contributed by atoms with Gasteiger partial charge in [0.15, 0.2) is 0 Å². The molecule has 0 radical (unpaired) electrons. The number of nitrogens with zero attached hydrogens (tertiary/aromatic N) is 3. The molecule has 0 amide bonds. The number of H-pyrrole nitrogens is 1. The third kappa shape index (κ3) is 4.41. The molecule has 1 aliphatic carbocycles. The summed E-state index contributed by atoms with van der Waals surface area (Å²) in [6.07, 6.45) is 6.79. The van der Waals surface area contributed by atoms with Crippen LogP contribution in [-0.2, 0) is 6.54 Å². The zero-order valence-corrected chi connectivity index (χ0v) is 18.9. The highest BCUT2D eigenvalue weighted by Crippen LogP contribution is 2.28. The van der Waals surface area contributed by atoms with E-state index in [4.69, 9.17) is 9.97 Å². The number of benzene rings is 2. The first kappa shape index (κ1) is 20.8. The van der Waals surface area contributed by atoms with Crippen molar-refractivity contribution in [2.45, 2.75) is 38.3 Å². The number of aromatic amines is 1. The Bertz CT molecular complexity index is 1190. The summed E-state index contributed by atoms with van der Waals surface area (Å²) >= 11 is 0. The van der Waals surface area contributed by atoms with Crippen molar-refractivity contribution < 1.29 is 0 Å². The van der Waals surface area contributed by atoms with E-state index in [1.807, 2.05) is 32.4 Å². The smallest absolute Gasteiger partial charge is 0.225 e. The van der Waals surface area contributed by atoms with Crippen LogP contribution in [0.2, 0.25) is 0 Å². The van der Waals surface area contributed by atoms with Crippen molar-refractivity contribution in [2.24, 2.45) is 5.92 Å². The molecule has 1 aliphatic rings. The van der Waals surface area contributed by atoms with Gasteiger partial charge in [-0.05, 0) is 67.3 Å². The van der Waals surface area contributed by atoms with E-state index in [9.17, 15) is 0 Å². The lowest BCUT2D eigenvalue weighted by atomic mass is 9.86. The minimum absolute atomic E-state index is 0.440. The maximum Gasteiger partial charge on any atom is 0.225 e. The maximum absolute atomic E-state index is 4.81. The minimum Gasteiger partial charge on any atom is -0.362 e. The van der Waals surface area contributed by atoms with Gasteiger partial charge in [0.25, 0.3) is 0 Å². The summed E-state index contributed by atoms with van der Waals surface area (Å²) in [7, 11) is 4.07. The molecule has 0 atom stereocenters. The highest BCUT2D eigenvalue weighted by Gasteiger charge is 2.22. The normalized spacial score (nSPS) is 18.8. The molecular formula is C26H32N6. The fraction of sp³-hybridized carbons (Fsp3) is 0.385. The average molecular weight is 429 g/mol. The van der Waals surface area contributed by atoms with Crippen molar-refractivity contribution in [3.8, 4) is 0 Å². The zero-order valence-electron chi connectivity index (χ0n) is 18.9. The van der Waals surface area contributed by atoms with Crippen molar-refractivity contribution in [1.29, 1.82) is 0 Å². The van der Waals surface area contributed by atoms with Crippen LogP contribution in [0.4, 0.5) is 11.8 Å². The Balaban J connectivity index is 1.15. The molecule has 2 aromatic heterocycles. The van der Waals surface area contributed by atoms with Gasteiger partial charge in [0.05, 0.1) is 5.52 Å². The first-order valence-electron chi connectivity index (χ1n) is 11.6. The monoisotopic (exact) mass is 428 g/mol. The van der Waals surface area contributed by atoms with Crippen molar-refractivity contribution in [3.05, 3.63) is 60.3 Å². The number of anilines is 2. The molecule has 0 saturated heterocycles. The van der Waals surface area contributed by atoms with Crippen molar-refractivity contribution in [1.82, 2.24) is 20.3 Å². The van der Waals surface area contributed by atoms with E-state index in [1.165, 1.54) is 29.3 Å². The van der Waals surface area contributed by atoms with Crippen molar-refractivity contribution >= 4 is 33.6 Å². The van der Waals surface area contributed by atoms with Crippen LogP contribution in [0.15, 0.2) is 54.7 Å². The van der Waals surface area contributed by atoms with Gasteiger partial charge in [-0.25, -0.2) is 4.98 Å². The lowest BCUT2D eigenvalue weighted by Crippen LogP contribution is -2.31. The van der Waals surface area contributed by atoms with E-state index in [-0.39, 0.29) is 0 Å². The lowest BCUT2D eigenvalue weighted by Gasteiger charge is -2.29. The van der Waals surface area contributed by atoms with Gasteiger partial charge in [-0.3, -0.25) is 0 Å². The molecule has 1 saturated carbocycles.